The Labute approximate surface area is 67.1 Å². The Bertz CT molecular complexity index is 161. The van der Waals surface area contributed by atoms with Crippen molar-refractivity contribution in [3.63, 3.8) is 0 Å². The van der Waals surface area contributed by atoms with Crippen LogP contribution in [0.25, 0.3) is 4.85 Å². The van der Waals surface area contributed by atoms with E-state index in [0.717, 1.165) is 0 Å². The Balaban J connectivity index is 2.32. The van der Waals surface area contributed by atoms with Crippen LogP contribution in [0.4, 0.5) is 0 Å². The fourth-order valence-corrected chi connectivity index (χ4v) is 0.934. The van der Waals surface area contributed by atoms with E-state index in [2.05, 4.69) is 4.85 Å². The van der Waals surface area contributed by atoms with E-state index in [1.807, 2.05) is 13.8 Å². The van der Waals surface area contributed by atoms with Gasteiger partial charge in [0.05, 0.1) is 18.8 Å². The molecule has 0 saturated carbocycles. The van der Waals surface area contributed by atoms with Crippen LogP contribution in [-0.2, 0) is 9.47 Å². The predicted octanol–water partition coefficient (Wildman–Crippen LogP) is 1.10. The molecule has 0 aromatic heterocycles. The summed E-state index contributed by atoms with van der Waals surface area (Å²) < 4.78 is 10.9. The Morgan fingerprint density at radius 2 is 2.36 bits per heavy atom. The predicted molar refractivity (Wildman–Crippen MR) is 41.2 cm³/mol. The Morgan fingerprint density at radius 1 is 1.64 bits per heavy atom. The SMILES string of the molecule is [C-]#[N+]CC1COC(C)(C)CO1. The maximum atomic E-state index is 6.63. The molecule has 3 heteroatoms. The van der Waals surface area contributed by atoms with Gasteiger partial charge in [-0.3, -0.25) is 0 Å². The highest BCUT2D eigenvalue weighted by Crippen LogP contribution is 2.17. The number of hydrogen-bond acceptors (Lipinski definition) is 2. The first-order valence-corrected chi connectivity index (χ1v) is 3.73. The van der Waals surface area contributed by atoms with Crippen molar-refractivity contribution in [2.75, 3.05) is 19.8 Å². The van der Waals surface area contributed by atoms with Gasteiger partial charge in [0.15, 0.2) is 6.10 Å². The average molecular weight is 155 g/mol. The van der Waals surface area contributed by atoms with Gasteiger partial charge < -0.3 is 14.3 Å². The summed E-state index contributed by atoms with van der Waals surface area (Å²) in [6.07, 6.45) is -0.0134. The molecule has 0 bridgehead atoms. The topological polar surface area (TPSA) is 22.8 Å². The maximum Gasteiger partial charge on any atom is 0.242 e. The van der Waals surface area contributed by atoms with E-state index in [0.29, 0.717) is 19.8 Å². The summed E-state index contributed by atoms with van der Waals surface area (Å²) in [7, 11) is 0. The van der Waals surface area contributed by atoms with Gasteiger partial charge in [0.1, 0.15) is 0 Å². The van der Waals surface area contributed by atoms with Crippen LogP contribution in [-0.4, -0.2) is 31.5 Å². The lowest BCUT2D eigenvalue weighted by molar-refractivity contribution is -0.169. The van der Waals surface area contributed by atoms with E-state index in [4.69, 9.17) is 16.0 Å². The first-order valence-electron chi connectivity index (χ1n) is 3.73. The number of ether oxygens (including phenoxy) is 2. The second-order valence-corrected chi connectivity index (χ2v) is 3.34. The van der Waals surface area contributed by atoms with Gasteiger partial charge in [-0.15, -0.1) is 0 Å². The van der Waals surface area contributed by atoms with Crippen LogP contribution in [0.2, 0.25) is 0 Å². The minimum absolute atomic E-state index is 0.0134. The zero-order valence-electron chi connectivity index (χ0n) is 6.96. The Kier molecular flexibility index (Phi) is 2.48. The van der Waals surface area contributed by atoms with Crippen molar-refractivity contribution in [1.82, 2.24) is 0 Å². The largest absolute Gasteiger partial charge is 0.370 e. The highest BCUT2D eigenvalue weighted by molar-refractivity contribution is 4.79. The van der Waals surface area contributed by atoms with Crippen molar-refractivity contribution in [2.45, 2.75) is 25.6 Å². The minimum Gasteiger partial charge on any atom is -0.370 e. The summed E-state index contributed by atoms with van der Waals surface area (Å²) >= 11 is 0. The molecule has 11 heavy (non-hydrogen) atoms. The monoisotopic (exact) mass is 155 g/mol. The molecule has 0 amide bonds. The lowest BCUT2D eigenvalue weighted by Gasteiger charge is -2.32. The van der Waals surface area contributed by atoms with E-state index in [9.17, 15) is 0 Å². The molecule has 1 unspecified atom stereocenters. The van der Waals surface area contributed by atoms with Gasteiger partial charge in [-0.05, 0) is 13.8 Å². The Hall–Kier alpha value is -0.590. The molecule has 1 fully saturated rings. The van der Waals surface area contributed by atoms with Gasteiger partial charge in [-0.1, -0.05) is 0 Å². The fourth-order valence-electron chi connectivity index (χ4n) is 0.934. The van der Waals surface area contributed by atoms with Crippen molar-refractivity contribution in [1.29, 1.82) is 0 Å². The van der Waals surface area contributed by atoms with Crippen LogP contribution in [0.15, 0.2) is 0 Å². The summed E-state index contributed by atoms with van der Waals surface area (Å²) in [4.78, 5) is 3.25. The molecule has 1 rings (SSSR count). The second kappa shape index (κ2) is 3.21. The molecule has 1 aliphatic rings. The fraction of sp³-hybridized carbons (Fsp3) is 0.875. The van der Waals surface area contributed by atoms with Gasteiger partial charge in [0, 0.05) is 0 Å². The lowest BCUT2D eigenvalue weighted by Crippen LogP contribution is -2.43. The molecule has 0 N–H and O–H groups in total. The first-order chi connectivity index (χ1) is 5.14. The second-order valence-electron chi connectivity index (χ2n) is 3.34. The molecule has 0 aliphatic carbocycles. The lowest BCUT2D eigenvalue weighted by atomic mass is 10.1. The number of hydrogen-bond donors (Lipinski definition) is 0. The third kappa shape index (κ3) is 2.49. The molecule has 1 saturated heterocycles. The molecule has 3 nitrogen and oxygen atoms in total. The number of nitrogens with zero attached hydrogens (tertiary/aromatic N) is 1. The van der Waals surface area contributed by atoms with Gasteiger partial charge in [-0.2, -0.15) is 0 Å². The molecule has 1 atom stereocenters. The van der Waals surface area contributed by atoms with E-state index in [1.54, 1.807) is 0 Å². The summed E-state index contributed by atoms with van der Waals surface area (Å²) in [6.45, 7) is 12.2. The highest BCUT2D eigenvalue weighted by atomic mass is 16.6. The van der Waals surface area contributed by atoms with Crippen molar-refractivity contribution in [2.24, 2.45) is 0 Å². The van der Waals surface area contributed by atoms with Crippen LogP contribution in [0, 0.1) is 6.57 Å². The first kappa shape index (κ1) is 8.51. The molecule has 0 aromatic rings. The summed E-state index contributed by atoms with van der Waals surface area (Å²) in [5, 5.41) is 0. The summed E-state index contributed by atoms with van der Waals surface area (Å²) in [5.41, 5.74) is -0.168. The average Bonchev–Trinajstić information content (AvgIpc) is 1.94. The van der Waals surface area contributed by atoms with Crippen LogP contribution in [0.3, 0.4) is 0 Å². The van der Waals surface area contributed by atoms with Gasteiger partial charge >= 0.3 is 0 Å². The zero-order chi connectivity index (χ0) is 8.32. The summed E-state index contributed by atoms with van der Waals surface area (Å²) in [5.74, 6) is 0. The molecule has 0 spiro atoms. The van der Waals surface area contributed by atoms with Gasteiger partial charge in [0.2, 0.25) is 6.54 Å². The van der Waals surface area contributed by atoms with Crippen molar-refractivity contribution >= 4 is 0 Å². The van der Waals surface area contributed by atoms with Gasteiger partial charge in [0.25, 0.3) is 0 Å². The van der Waals surface area contributed by atoms with Crippen molar-refractivity contribution in [3.8, 4) is 0 Å². The van der Waals surface area contributed by atoms with Crippen molar-refractivity contribution in [3.05, 3.63) is 11.4 Å². The molecule has 62 valence electrons. The summed E-state index contributed by atoms with van der Waals surface area (Å²) in [6, 6.07) is 0. The standard InChI is InChI=1S/C8H13NO2/c1-8(2)6-10-7(4-9-3)5-11-8/h7H,4-6H2,1-2H3. The van der Waals surface area contributed by atoms with Crippen molar-refractivity contribution < 1.29 is 9.47 Å². The van der Waals surface area contributed by atoms with E-state index >= 15 is 0 Å². The maximum absolute atomic E-state index is 6.63. The third-order valence-corrected chi connectivity index (χ3v) is 1.62. The third-order valence-electron chi connectivity index (χ3n) is 1.62. The van der Waals surface area contributed by atoms with Crippen LogP contribution < -0.4 is 0 Å². The highest BCUT2D eigenvalue weighted by Gasteiger charge is 2.29. The van der Waals surface area contributed by atoms with Crippen LogP contribution in [0.1, 0.15) is 13.8 Å². The van der Waals surface area contributed by atoms with E-state index in [1.165, 1.54) is 0 Å². The van der Waals surface area contributed by atoms with Crippen LogP contribution in [0.5, 0.6) is 0 Å². The molecular formula is C8H13NO2. The normalized spacial score (nSPS) is 29.4. The quantitative estimate of drug-likeness (QED) is 0.529. The van der Waals surface area contributed by atoms with Gasteiger partial charge in [-0.25, -0.2) is 6.57 Å². The van der Waals surface area contributed by atoms with E-state index in [-0.39, 0.29) is 11.7 Å². The minimum atomic E-state index is -0.168. The molecule has 1 heterocycles. The van der Waals surface area contributed by atoms with Crippen LogP contribution >= 0.6 is 0 Å². The van der Waals surface area contributed by atoms with E-state index < -0.39 is 0 Å². The molecule has 0 radical (unpaired) electrons. The zero-order valence-corrected chi connectivity index (χ0v) is 6.96. The smallest absolute Gasteiger partial charge is 0.242 e. The Morgan fingerprint density at radius 3 is 2.82 bits per heavy atom. The molecule has 1 aliphatic heterocycles. The number of rotatable bonds is 1. The molecule has 0 aromatic carbocycles. The molecular weight excluding hydrogens is 142 g/mol.